The number of carbonyl (C=O) groups excluding carboxylic acids is 2. The van der Waals surface area contributed by atoms with Crippen LogP contribution >= 0.6 is 0 Å². The van der Waals surface area contributed by atoms with E-state index in [0.717, 1.165) is 11.4 Å². The van der Waals surface area contributed by atoms with Gasteiger partial charge in [0.1, 0.15) is 11.5 Å². The van der Waals surface area contributed by atoms with Gasteiger partial charge in [0.05, 0.1) is 25.3 Å². The van der Waals surface area contributed by atoms with E-state index in [9.17, 15) is 9.59 Å². The Labute approximate surface area is 140 Å². The molecule has 3 rings (SSSR count). The first-order chi connectivity index (χ1) is 11.7. The van der Waals surface area contributed by atoms with Gasteiger partial charge in [0, 0.05) is 18.7 Å². The summed E-state index contributed by atoms with van der Waals surface area (Å²) in [6.45, 7) is 3.24. The monoisotopic (exact) mass is 328 g/mol. The van der Waals surface area contributed by atoms with E-state index < -0.39 is 0 Å². The van der Waals surface area contributed by atoms with Crippen LogP contribution in [-0.4, -0.2) is 25.0 Å². The third-order valence-corrected chi connectivity index (χ3v) is 3.97. The molecule has 0 radical (unpaired) electrons. The summed E-state index contributed by atoms with van der Waals surface area (Å²) in [4.78, 5) is 26.1. The fourth-order valence-corrected chi connectivity index (χ4v) is 2.75. The molecule has 2 heterocycles. The zero-order chi connectivity index (χ0) is 16.9. The van der Waals surface area contributed by atoms with Gasteiger partial charge in [-0.3, -0.25) is 9.59 Å². The SMILES string of the molecule is CCOc1ccc(N2C[C@@H](C(=O)NCc3ccco3)CC2=O)cc1. The lowest BCUT2D eigenvalue weighted by molar-refractivity contribution is -0.126. The van der Waals surface area contributed by atoms with Crippen molar-refractivity contribution in [3.63, 3.8) is 0 Å². The molecule has 1 atom stereocenters. The molecule has 1 aromatic carbocycles. The molecule has 1 aromatic heterocycles. The van der Waals surface area contributed by atoms with Crippen LogP contribution < -0.4 is 15.0 Å². The summed E-state index contributed by atoms with van der Waals surface area (Å²) in [5.74, 6) is 0.932. The van der Waals surface area contributed by atoms with E-state index in [1.165, 1.54) is 0 Å². The quantitative estimate of drug-likeness (QED) is 0.883. The summed E-state index contributed by atoms with van der Waals surface area (Å²) < 4.78 is 10.6. The minimum atomic E-state index is -0.348. The Bertz CT molecular complexity index is 694. The highest BCUT2D eigenvalue weighted by Gasteiger charge is 2.35. The van der Waals surface area contributed by atoms with E-state index in [4.69, 9.17) is 9.15 Å². The summed E-state index contributed by atoms with van der Waals surface area (Å²) in [6.07, 6.45) is 1.78. The Morgan fingerprint density at radius 2 is 2.12 bits per heavy atom. The van der Waals surface area contributed by atoms with Gasteiger partial charge >= 0.3 is 0 Å². The van der Waals surface area contributed by atoms with Crippen molar-refractivity contribution in [2.24, 2.45) is 5.92 Å². The van der Waals surface area contributed by atoms with Crippen LogP contribution in [0, 0.1) is 5.92 Å². The molecular formula is C18H20N2O4. The Morgan fingerprint density at radius 1 is 1.33 bits per heavy atom. The molecule has 0 aliphatic carbocycles. The summed E-state index contributed by atoms with van der Waals surface area (Å²) in [5, 5.41) is 2.81. The highest BCUT2D eigenvalue weighted by Crippen LogP contribution is 2.27. The second-order valence-corrected chi connectivity index (χ2v) is 5.63. The zero-order valence-corrected chi connectivity index (χ0v) is 13.5. The molecule has 6 nitrogen and oxygen atoms in total. The van der Waals surface area contributed by atoms with Crippen LogP contribution in [0.3, 0.4) is 0 Å². The number of benzene rings is 1. The van der Waals surface area contributed by atoms with Crippen molar-refractivity contribution >= 4 is 17.5 Å². The number of amides is 2. The predicted octanol–water partition coefficient (Wildman–Crippen LogP) is 2.35. The standard InChI is InChI=1S/C18H20N2O4/c1-2-23-15-7-5-14(6-8-15)20-12-13(10-17(20)21)18(22)19-11-16-4-3-9-24-16/h3-9,13H,2,10-12H2,1H3,(H,19,22)/t13-/m0/s1. The molecule has 1 fully saturated rings. The molecule has 0 saturated carbocycles. The lowest BCUT2D eigenvalue weighted by Gasteiger charge is -2.17. The number of carbonyl (C=O) groups is 2. The third kappa shape index (κ3) is 3.59. The van der Waals surface area contributed by atoms with Gasteiger partial charge in [-0.25, -0.2) is 0 Å². The van der Waals surface area contributed by atoms with Crippen LogP contribution in [0.5, 0.6) is 5.75 Å². The molecule has 24 heavy (non-hydrogen) atoms. The molecule has 6 heteroatoms. The molecule has 126 valence electrons. The second kappa shape index (κ2) is 7.21. The number of furan rings is 1. The van der Waals surface area contributed by atoms with E-state index in [2.05, 4.69) is 5.32 Å². The van der Waals surface area contributed by atoms with Gasteiger partial charge in [0.15, 0.2) is 0 Å². The molecular weight excluding hydrogens is 308 g/mol. The highest BCUT2D eigenvalue weighted by molar-refractivity contribution is 6.00. The van der Waals surface area contributed by atoms with Crippen molar-refractivity contribution in [3.8, 4) is 5.75 Å². The normalized spacial score (nSPS) is 17.1. The van der Waals surface area contributed by atoms with Crippen molar-refractivity contribution in [2.45, 2.75) is 19.9 Å². The van der Waals surface area contributed by atoms with Crippen molar-refractivity contribution in [1.29, 1.82) is 0 Å². The molecule has 0 spiro atoms. The number of ether oxygens (including phenoxy) is 1. The van der Waals surface area contributed by atoms with Gasteiger partial charge in [-0.1, -0.05) is 0 Å². The van der Waals surface area contributed by atoms with E-state index in [1.807, 2.05) is 31.2 Å². The number of anilines is 1. The third-order valence-electron chi connectivity index (χ3n) is 3.97. The first-order valence-electron chi connectivity index (χ1n) is 8.00. The van der Waals surface area contributed by atoms with Crippen LogP contribution in [0.4, 0.5) is 5.69 Å². The van der Waals surface area contributed by atoms with E-state index in [0.29, 0.717) is 25.5 Å². The Morgan fingerprint density at radius 3 is 2.79 bits per heavy atom. The molecule has 0 unspecified atom stereocenters. The molecule has 2 aromatic rings. The van der Waals surface area contributed by atoms with Crippen molar-refractivity contribution in [2.75, 3.05) is 18.1 Å². The van der Waals surface area contributed by atoms with Crippen molar-refractivity contribution in [1.82, 2.24) is 5.32 Å². The van der Waals surface area contributed by atoms with Crippen molar-refractivity contribution < 1.29 is 18.7 Å². The summed E-state index contributed by atoms with van der Waals surface area (Å²) in [5.41, 5.74) is 0.782. The van der Waals surface area contributed by atoms with Crippen LogP contribution in [0.1, 0.15) is 19.1 Å². The molecule has 1 aliphatic rings. The van der Waals surface area contributed by atoms with Gasteiger partial charge in [0.2, 0.25) is 11.8 Å². The minimum Gasteiger partial charge on any atom is -0.494 e. The van der Waals surface area contributed by atoms with Crippen molar-refractivity contribution in [3.05, 3.63) is 48.4 Å². The fraction of sp³-hybridized carbons (Fsp3) is 0.333. The minimum absolute atomic E-state index is 0.0442. The first kappa shape index (κ1) is 16.1. The van der Waals surface area contributed by atoms with E-state index >= 15 is 0 Å². The maximum atomic E-state index is 12.3. The first-order valence-corrected chi connectivity index (χ1v) is 8.00. The zero-order valence-electron chi connectivity index (χ0n) is 13.5. The van der Waals surface area contributed by atoms with Crippen LogP contribution in [0.2, 0.25) is 0 Å². The Balaban J connectivity index is 1.59. The number of nitrogens with zero attached hydrogens (tertiary/aromatic N) is 1. The fourth-order valence-electron chi connectivity index (χ4n) is 2.75. The predicted molar refractivity (Wildman–Crippen MR) is 88.6 cm³/mol. The Kier molecular flexibility index (Phi) is 4.84. The second-order valence-electron chi connectivity index (χ2n) is 5.63. The highest BCUT2D eigenvalue weighted by atomic mass is 16.5. The lowest BCUT2D eigenvalue weighted by Crippen LogP contribution is -2.32. The largest absolute Gasteiger partial charge is 0.494 e. The van der Waals surface area contributed by atoms with Crippen LogP contribution in [0.25, 0.3) is 0 Å². The van der Waals surface area contributed by atoms with Crippen LogP contribution in [-0.2, 0) is 16.1 Å². The molecule has 1 saturated heterocycles. The van der Waals surface area contributed by atoms with Gasteiger partial charge in [-0.05, 0) is 43.3 Å². The van der Waals surface area contributed by atoms with E-state index in [1.54, 1.807) is 23.3 Å². The van der Waals surface area contributed by atoms with E-state index in [-0.39, 0.29) is 24.2 Å². The molecule has 1 aliphatic heterocycles. The number of hydrogen-bond acceptors (Lipinski definition) is 4. The van der Waals surface area contributed by atoms with Crippen LogP contribution in [0.15, 0.2) is 47.1 Å². The van der Waals surface area contributed by atoms with Gasteiger partial charge in [-0.15, -0.1) is 0 Å². The number of nitrogens with one attached hydrogen (secondary N) is 1. The molecule has 0 bridgehead atoms. The topological polar surface area (TPSA) is 71.8 Å². The van der Waals surface area contributed by atoms with Gasteiger partial charge < -0.3 is 19.4 Å². The number of rotatable bonds is 6. The average molecular weight is 328 g/mol. The maximum absolute atomic E-state index is 12.3. The summed E-state index contributed by atoms with van der Waals surface area (Å²) in [6, 6.07) is 10.9. The summed E-state index contributed by atoms with van der Waals surface area (Å²) in [7, 11) is 0. The average Bonchev–Trinajstić information content (AvgIpc) is 3.23. The summed E-state index contributed by atoms with van der Waals surface area (Å²) >= 11 is 0. The van der Waals surface area contributed by atoms with Gasteiger partial charge in [0.25, 0.3) is 0 Å². The Hall–Kier alpha value is -2.76. The smallest absolute Gasteiger partial charge is 0.227 e. The molecule has 2 amide bonds. The van der Waals surface area contributed by atoms with Gasteiger partial charge in [-0.2, -0.15) is 0 Å². The number of hydrogen-bond donors (Lipinski definition) is 1. The maximum Gasteiger partial charge on any atom is 0.227 e. The molecule has 1 N–H and O–H groups in total. The lowest BCUT2D eigenvalue weighted by atomic mass is 10.1.